The van der Waals surface area contributed by atoms with Crippen LogP contribution < -0.4 is 0 Å². The van der Waals surface area contributed by atoms with Crippen LogP contribution in [0.25, 0.3) is 0 Å². The number of phenolic OH excluding ortho intramolecular Hbond substituents is 1. The third kappa shape index (κ3) is 2.84. The van der Waals surface area contributed by atoms with Crippen molar-refractivity contribution in [2.75, 3.05) is 13.1 Å². The fourth-order valence-corrected chi connectivity index (χ4v) is 3.97. The summed E-state index contributed by atoms with van der Waals surface area (Å²) in [5.41, 5.74) is 0. The molecule has 0 aromatic heterocycles. The highest BCUT2D eigenvalue weighted by atomic mass is 35.5. The molecule has 1 aliphatic heterocycles. The maximum atomic E-state index is 12.4. The number of rotatable bonds is 2. The van der Waals surface area contributed by atoms with E-state index in [1.807, 2.05) is 0 Å². The molecule has 5 nitrogen and oxygen atoms in total. The molecule has 1 saturated heterocycles. The van der Waals surface area contributed by atoms with Crippen LogP contribution in [0.5, 0.6) is 5.75 Å². The van der Waals surface area contributed by atoms with Gasteiger partial charge in [0.1, 0.15) is 10.6 Å². The van der Waals surface area contributed by atoms with E-state index < -0.39 is 10.0 Å². The maximum absolute atomic E-state index is 12.4. The number of aromatic hydroxyl groups is 1. The molecule has 7 heteroatoms. The van der Waals surface area contributed by atoms with Crippen molar-refractivity contribution in [3.63, 3.8) is 0 Å². The van der Waals surface area contributed by atoms with Gasteiger partial charge in [-0.05, 0) is 31.0 Å². The quantitative estimate of drug-likeness (QED) is 0.905. The van der Waals surface area contributed by atoms with Crippen LogP contribution in [0.1, 0.15) is 12.8 Å². The molecule has 0 radical (unpaired) electrons. The molecule has 0 aliphatic carbocycles. The molecule has 1 aromatic carbocycles. The van der Waals surface area contributed by atoms with Crippen LogP contribution in [0.2, 0.25) is 5.02 Å². The van der Waals surface area contributed by atoms with Gasteiger partial charge in [-0.2, -0.15) is 9.57 Å². The maximum Gasteiger partial charge on any atom is 0.246 e. The van der Waals surface area contributed by atoms with Crippen LogP contribution in [0, 0.1) is 17.2 Å². The Morgan fingerprint density at radius 2 is 2.21 bits per heavy atom. The van der Waals surface area contributed by atoms with Gasteiger partial charge in [0.2, 0.25) is 10.0 Å². The van der Waals surface area contributed by atoms with Gasteiger partial charge in [0.05, 0.1) is 12.0 Å². The van der Waals surface area contributed by atoms with Crippen LogP contribution in [0.3, 0.4) is 0 Å². The van der Waals surface area contributed by atoms with E-state index in [1.165, 1.54) is 22.5 Å². The first kappa shape index (κ1) is 14.1. The van der Waals surface area contributed by atoms with Gasteiger partial charge in [0.15, 0.2) is 0 Å². The zero-order valence-corrected chi connectivity index (χ0v) is 11.7. The Labute approximate surface area is 117 Å². The average Bonchev–Trinajstić information content (AvgIpc) is 2.41. The summed E-state index contributed by atoms with van der Waals surface area (Å²) in [7, 11) is -3.81. The number of sulfonamides is 1. The summed E-state index contributed by atoms with van der Waals surface area (Å²) >= 11 is 5.77. The SMILES string of the molecule is N#CC1CCCN(S(=O)(=O)c2cc(Cl)ccc2O)C1. The monoisotopic (exact) mass is 300 g/mol. The third-order valence-corrected chi connectivity index (χ3v) is 5.24. The zero-order chi connectivity index (χ0) is 14.0. The minimum Gasteiger partial charge on any atom is -0.507 e. The van der Waals surface area contributed by atoms with Crippen molar-refractivity contribution >= 4 is 21.6 Å². The smallest absolute Gasteiger partial charge is 0.246 e. The minimum atomic E-state index is -3.81. The van der Waals surface area contributed by atoms with Crippen LogP contribution in [0.15, 0.2) is 23.1 Å². The standard InChI is InChI=1S/C12H13ClN2O3S/c13-10-3-4-11(16)12(6-10)19(17,18)15-5-1-2-9(7-14)8-15/h3-4,6,9,16H,1-2,5,8H2. The Bertz CT molecular complexity index is 624. The minimum absolute atomic E-state index is 0.158. The molecule has 0 saturated carbocycles. The molecular weight excluding hydrogens is 288 g/mol. The largest absolute Gasteiger partial charge is 0.507 e. The molecule has 0 bridgehead atoms. The van der Waals surface area contributed by atoms with E-state index in [0.29, 0.717) is 19.4 Å². The number of piperidine rings is 1. The Balaban J connectivity index is 2.37. The fraction of sp³-hybridized carbons (Fsp3) is 0.417. The topological polar surface area (TPSA) is 81.4 Å². The van der Waals surface area contributed by atoms with Gasteiger partial charge in [0, 0.05) is 18.1 Å². The summed E-state index contributed by atoms with van der Waals surface area (Å²) in [6, 6.07) is 5.98. The van der Waals surface area contributed by atoms with Gasteiger partial charge in [-0.25, -0.2) is 8.42 Å². The number of nitriles is 1. The lowest BCUT2D eigenvalue weighted by Gasteiger charge is -2.28. The molecular formula is C12H13ClN2O3S. The van der Waals surface area contributed by atoms with Crippen molar-refractivity contribution in [2.24, 2.45) is 5.92 Å². The predicted molar refractivity (Wildman–Crippen MR) is 70.2 cm³/mol. The molecule has 19 heavy (non-hydrogen) atoms. The highest BCUT2D eigenvalue weighted by Gasteiger charge is 2.32. The van der Waals surface area contributed by atoms with Crippen molar-refractivity contribution in [3.05, 3.63) is 23.2 Å². The lowest BCUT2D eigenvalue weighted by molar-refractivity contribution is 0.304. The van der Waals surface area contributed by atoms with E-state index in [2.05, 4.69) is 6.07 Å². The van der Waals surface area contributed by atoms with E-state index in [9.17, 15) is 13.5 Å². The summed E-state index contributed by atoms with van der Waals surface area (Å²) in [6.07, 6.45) is 1.34. The molecule has 1 N–H and O–H groups in total. The first-order valence-electron chi connectivity index (χ1n) is 5.83. The first-order valence-corrected chi connectivity index (χ1v) is 7.65. The second kappa shape index (κ2) is 5.37. The summed E-state index contributed by atoms with van der Waals surface area (Å²) in [4.78, 5) is -0.210. The van der Waals surface area contributed by atoms with Gasteiger partial charge in [0.25, 0.3) is 0 Å². The predicted octanol–water partition coefficient (Wildman–Crippen LogP) is 1.97. The number of hydrogen-bond donors (Lipinski definition) is 1. The Kier molecular flexibility index (Phi) is 3.99. The third-order valence-electron chi connectivity index (χ3n) is 3.11. The molecule has 0 amide bonds. The van der Waals surface area contributed by atoms with Crippen molar-refractivity contribution in [1.29, 1.82) is 5.26 Å². The number of phenols is 1. The molecule has 0 spiro atoms. The van der Waals surface area contributed by atoms with Gasteiger partial charge in [-0.3, -0.25) is 0 Å². The van der Waals surface area contributed by atoms with Crippen LogP contribution in [-0.2, 0) is 10.0 Å². The summed E-state index contributed by atoms with van der Waals surface area (Å²) in [5, 5.41) is 18.8. The molecule has 1 aromatic rings. The van der Waals surface area contributed by atoms with Crippen LogP contribution in [-0.4, -0.2) is 30.9 Å². The van der Waals surface area contributed by atoms with Crippen LogP contribution >= 0.6 is 11.6 Å². The Hall–Kier alpha value is -1.29. The summed E-state index contributed by atoms with van der Waals surface area (Å²) in [5.74, 6) is -0.631. The number of hydrogen-bond acceptors (Lipinski definition) is 4. The second-order valence-electron chi connectivity index (χ2n) is 4.44. The molecule has 1 unspecified atom stereocenters. The highest BCUT2D eigenvalue weighted by molar-refractivity contribution is 7.89. The van der Waals surface area contributed by atoms with Gasteiger partial charge >= 0.3 is 0 Å². The molecule has 1 aliphatic rings. The molecule has 1 atom stereocenters. The van der Waals surface area contributed by atoms with E-state index in [-0.39, 0.29) is 28.1 Å². The summed E-state index contributed by atoms with van der Waals surface area (Å²) in [6.45, 7) is 0.511. The van der Waals surface area contributed by atoms with Crippen molar-refractivity contribution < 1.29 is 13.5 Å². The average molecular weight is 301 g/mol. The van der Waals surface area contributed by atoms with E-state index in [0.717, 1.165) is 0 Å². The lowest BCUT2D eigenvalue weighted by atomic mass is 10.0. The van der Waals surface area contributed by atoms with Gasteiger partial charge < -0.3 is 5.11 Å². The Morgan fingerprint density at radius 3 is 2.89 bits per heavy atom. The summed E-state index contributed by atoms with van der Waals surface area (Å²) < 4.78 is 26.1. The fourth-order valence-electron chi connectivity index (χ4n) is 2.10. The van der Waals surface area contributed by atoms with Crippen molar-refractivity contribution in [1.82, 2.24) is 4.31 Å². The van der Waals surface area contributed by atoms with E-state index >= 15 is 0 Å². The highest BCUT2D eigenvalue weighted by Crippen LogP contribution is 2.30. The Morgan fingerprint density at radius 1 is 1.47 bits per heavy atom. The molecule has 1 fully saturated rings. The van der Waals surface area contributed by atoms with Gasteiger partial charge in [-0.15, -0.1) is 0 Å². The van der Waals surface area contributed by atoms with E-state index in [4.69, 9.17) is 16.9 Å². The molecule has 1 heterocycles. The second-order valence-corrected chi connectivity index (χ2v) is 6.79. The number of nitrogens with zero attached hydrogens (tertiary/aromatic N) is 2. The van der Waals surface area contributed by atoms with Gasteiger partial charge in [-0.1, -0.05) is 11.6 Å². The van der Waals surface area contributed by atoms with E-state index in [1.54, 1.807) is 0 Å². The number of benzene rings is 1. The zero-order valence-electron chi connectivity index (χ0n) is 10.1. The van der Waals surface area contributed by atoms with Crippen molar-refractivity contribution in [3.8, 4) is 11.8 Å². The van der Waals surface area contributed by atoms with Crippen LogP contribution in [0.4, 0.5) is 0 Å². The molecule has 102 valence electrons. The first-order chi connectivity index (χ1) is 8.95. The van der Waals surface area contributed by atoms with Crippen molar-refractivity contribution in [2.45, 2.75) is 17.7 Å². The normalized spacial score (nSPS) is 20.9. The lowest BCUT2D eigenvalue weighted by Crippen LogP contribution is -2.39. The molecule has 2 rings (SSSR count). The number of halogens is 1.